The molecular weight excluding hydrogens is 416 g/mol. The summed E-state index contributed by atoms with van der Waals surface area (Å²) in [6, 6.07) is 6.83. The van der Waals surface area contributed by atoms with E-state index >= 15 is 0 Å². The van der Waals surface area contributed by atoms with Crippen molar-refractivity contribution in [2.45, 2.75) is 44.8 Å². The Kier molecular flexibility index (Phi) is 5.70. The number of piperazine rings is 1. The number of pyridine rings is 2. The Hall–Kier alpha value is -3.48. The zero-order valence-electron chi connectivity index (χ0n) is 19.0. The summed E-state index contributed by atoms with van der Waals surface area (Å²) >= 11 is 0. The van der Waals surface area contributed by atoms with Gasteiger partial charge >= 0.3 is 0 Å². The molecule has 2 aromatic heterocycles. The number of allylic oxidation sites excluding steroid dienone is 1. The average molecular weight is 445 g/mol. The number of carbonyl (C=O) groups excluding carboxylic acids is 2. The zero-order valence-corrected chi connectivity index (χ0v) is 19.0. The van der Waals surface area contributed by atoms with E-state index in [0.717, 1.165) is 60.7 Å². The molecule has 4 heterocycles. The minimum absolute atomic E-state index is 0.168. The normalized spacial score (nSPS) is 21.7. The maximum Gasteiger partial charge on any atom is 0.269 e. The first-order valence-corrected chi connectivity index (χ1v) is 11.5. The largest absolute Gasteiger partial charge is 0.364 e. The van der Waals surface area contributed by atoms with Crippen molar-refractivity contribution >= 4 is 29.3 Å². The van der Waals surface area contributed by atoms with Crippen molar-refractivity contribution in [1.29, 1.82) is 0 Å². The van der Waals surface area contributed by atoms with Gasteiger partial charge in [-0.2, -0.15) is 0 Å². The van der Waals surface area contributed by atoms with Gasteiger partial charge in [0, 0.05) is 45.0 Å². The van der Waals surface area contributed by atoms with Crippen LogP contribution in [-0.2, 0) is 11.3 Å². The quantitative estimate of drug-likeness (QED) is 0.685. The van der Waals surface area contributed by atoms with Crippen LogP contribution in [0.5, 0.6) is 0 Å². The number of hydrogen-bond donors (Lipinski definition) is 2. The molecular formula is C25H28N6O2. The molecule has 0 unspecified atom stereocenters. The lowest BCUT2D eigenvalue weighted by atomic mass is 9.81. The number of anilines is 2. The molecule has 8 nitrogen and oxygen atoms in total. The maximum atomic E-state index is 11.8. The summed E-state index contributed by atoms with van der Waals surface area (Å²) in [4.78, 5) is 37.0. The number of amides is 1. The van der Waals surface area contributed by atoms with Gasteiger partial charge in [0.2, 0.25) is 0 Å². The molecule has 0 radical (unpaired) electrons. The SMILES string of the molecule is CCC1=Cc2ncc(CN3CCN(c4ccc(C(=O)NC)nc4)[C@@H]4CC[C@H]43)cc2NC1=C=O. The second-order valence-corrected chi connectivity index (χ2v) is 8.76. The Labute approximate surface area is 193 Å². The summed E-state index contributed by atoms with van der Waals surface area (Å²) in [5.41, 5.74) is 5.82. The number of rotatable bonds is 5. The van der Waals surface area contributed by atoms with E-state index < -0.39 is 0 Å². The van der Waals surface area contributed by atoms with Crippen LogP contribution in [0.2, 0.25) is 0 Å². The molecule has 1 saturated carbocycles. The molecule has 1 aliphatic carbocycles. The molecule has 2 N–H and O–H groups in total. The molecule has 1 saturated heterocycles. The molecule has 1 amide bonds. The molecule has 170 valence electrons. The van der Waals surface area contributed by atoms with E-state index in [1.54, 1.807) is 13.1 Å². The number of hydrogen-bond acceptors (Lipinski definition) is 7. The van der Waals surface area contributed by atoms with Gasteiger partial charge in [0.15, 0.2) is 5.94 Å². The zero-order chi connectivity index (χ0) is 22.9. The van der Waals surface area contributed by atoms with Gasteiger partial charge in [-0.3, -0.25) is 14.7 Å². The summed E-state index contributed by atoms with van der Waals surface area (Å²) < 4.78 is 0. The summed E-state index contributed by atoms with van der Waals surface area (Å²) in [6.07, 6.45) is 8.81. The monoisotopic (exact) mass is 444 g/mol. The molecule has 0 spiro atoms. The molecule has 2 aromatic rings. The highest BCUT2D eigenvalue weighted by atomic mass is 16.1. The molecule has 33 heavy (non-hydrogen) atoms. The standard InChI is InChI=1S/C25H28N6O2/c1-3-17-11-20-21(29-22(17)15-32)10-16(12-27-20)14-30-8-9-31(24-7-6-23(24)30)18-4-5-19(28-13-18)25(33)26-2/h4-5,10-13,23-24,29H,3,6-9,14H2,1-2H3,(H,26,33)/t23-,24-/m1/s1. The average Bonchev–Trinajstić information content (AvgIpc) is 2.83. The predicted molar refractivity (Wildman–Crippen MR) is 128 cm³/mol. The van der Waals surface area contributed by atoms with Crippen LogP contribution in [0.3, 0.4) is 0 Å². The van der Waals surface area contributed by atoms with Gasteiger partial charge in [-0.1, -0.05) is 6.92 Å². The Morgan fingerprint density at radius 2 is 2.06 bits per heavy atom. The molecule has 2 atom stereocenters. The van der Waals surface area contributed by atoms with Crippen LogP contribution in [-0.4, -0.2) is 58.9 Å². The number of nitrogens with zero attached hydrogens (tertiary/aromatic N) is 4. The van der Waals surface area contributed by atoms with Crippen LogP contribution in [0.15, 0.2) is 41.9 Å². The molecule has 3 aliphatic rings. The van der Waals surface area contributed by atoms with Gasteiger partial charge in [0.25, 0.3) is 5.91 Å². The van der Waals surface area contributed by atoms with Crippen molar-refractivity contribution in [1.82, 2.24) is 20.2 Å². The van der Waals surface area contributed by atoms with Crippen LogP contribution < -0.4 is 15.5 Å². The lowest BCUT2D eigenvalue weighted by Gasteiger charge is -2.54. The van der Waals surface area contributed by atoms with Crippen LogP contribution in [0.4, 0.5) is 11.4 Å². The van der Waals surface area contributed by atoms with Crippen LogP contribution >= 0.6 is 0 Å². The topological polar surface area (TPSA) is 90.5 Å². The van der Waals surface area contributed by atoms with Crippen LogP contribution in [0.1, 0.15) is 47.9 Å². The fraction of sp³-hybridized carbons (Fsp3) is 0.400. The Morgan fingerprint density at radius 3 is 2.73 bits per heavy atom. The van der Waals surface area contributed by atoms with E-state index in [-0.39, 0.29) is 5.91 Å². The second-order valence-electron chi connectivity index (χ2n) is 8.76. The number of nitrogens with one attached hydrogen (secondary N) is 2. The van der Waals surface area contributed by atoms with Crippen molar-refractivity contribution in [3.63, 3.8) is 0 Å². The number of aromatic nitrogens is 2. The first-order chi connectivity index (χ1) is 16.1. The minimum Gasteiger partial charge on any atom is -0.364 e. The van der Waals surface area contributed by atoms with E-state index in [1.807, 2.05) is 37.4 Å². The molecule has 2 aliphatic heterocycles. The Morgan fingerprint density at radius 1 is 1.21 bits per heavy atom. The smallest absolute Gasteiger partial charge is 0.269 e. The third-order valence-corrected chi connectivity index (χ3v) is 6.97. The first-order valence-electron chi connectivity index (χ1n) is 11.5. The van der Waals surface area contributed by atoms with Gasteiger partial charge < -0.3 is 15.5 Å². The van der Waals surface area contributed by atoms with Crippen LogP contribution in [0, 0.1) is 0 Å². The van der Waals surface area contributed by atoms with Crippen molar-refractivity contribution in [3.05, 3.63) is 58.8 Å². The molecule has 0 aromatic carbocycles. The summed E-state index contributed by atoms with van der Waals surface area (Å²) in [5, 5.41) is 5.82. The lowest BCUT2D eigenvalue weighted by Crippen LogP contribution is -2.64. The molecule has 5 rings (SSSR count). The van der Waals surface area contributed by atoms with Crippen molar-refractivity contribution in [3.8, 4) is 0 Å². The van der Waals surface area contributed by atoms with Crippen LogP contribution in [0.25, 0.3) is 6.08 Å². The third-order valence-electron chi connectivity index (χ3n) is 6.97. The fourth-order valence-electron chi connectivity index (χ4n) is 5.03. The van der Waals surface area contributed by atoms with E-state index in [2.05, 4.69) is 36.5 Å². The van der Waals surface area contributed by atoms with Gasteiger partial charge in [-0.15, -0.1) is 0 Å². The van der Waals surface area contributed by atoms with E-state index in [0.29, 0.717) is 23.5 Å². The molecule has 8 heteroatoms. The third kappa shape index (κ3) is 3.92. The van der Waals surface area contributed by atoms with E-state index in [1.165, 1.54) is 6.42 Å². The highest BCUT2D eigenvalue weighted by molar-refractivity contribution is 5.92. The molecule has 2 fully saturated rings. The second kappa shape index (κ2) is 8.81. The maximum absolute atomic E-state index is 11.8. The van der Waals surface area contributed by atoms with Gasteiger partial charge in [0.05, 0.1) is 23.3 Å². The van der Waals surface area contributed by atoms with E-state index in [4.69, 9.17) is 0 Å². The number of carbonyl (C=O) groups is 1. The highest BCUT2D eigenvalue weighted by Gasteiger charge is 2.43. The summed E-state index contributed by atoms with van der Waals surface area (Å²) in [5.74, 6) is 1.85. The van der Waals surface area contributed by atoms with Gasteiger partial charge in [-0.05, 0) is 54.7 Å². The Balaban J connectivity index is 1.28. The highest BCUT2D eigenvalue weighted by Crippen LogP contribution is 2.37. The number of fused-ring (bicyclic) bond motifs is 2. The minimum atomic E-state index is -0.168. The summed E-state index contributed by atoms with van der Waals surface area (Å²) in [7, 11) is 1.61. The van der Waals surface area contributed by atoms with Gasteiger partial charge in [-0.25, -0.2) is 9.78 Å². The predicted octanol–water partition coefficient (Wildman–Crippen LogP) is 2.62. The van der Waals surface area contributed by atoms with E-state index in [9.17, 15) is 9.59 Å². The van der Waals surface area contributed by atoms with Crippen molar-refractivity contribution < 1.29 is 9.59 Å². The van der Waals surface area contributed by atoms with Gasteiger partial charge in [0.1, 0.15) is 11.4 Å². The first kappa shape index (κ1) is 21.4. The molecule has 0 bridgehead atoms. The fourth-order valence-corrected chi connectivity index (χ4v) is 5.03. The van der Waals surface area contributed by atoms with Crippen molar-refractivity contribution in [2.24, 2.45) is 0 Å². The summed E-state index contributed by atoms with van der Waals surface area (Å²) in [6.45, 7) is 4.71. The Bertz CT molecular complexity index is 1150. The van der Waals surface area contributed by atoms with Crippen molar-refractivity contribution in [2.75, 3.05) is 30.4 Å². The lowest BCUT2D eigenvalue weighted by molar-refractivity contribution is 0.0658.